The zero-order valence-electron chi connectivity index (χ0n) is 21.0. The number of hydrogen-bond acceptors (Lipinski definition) is 9. The number of ketones is 2. The second kappa shape index (κ2) is 8.88. The quantitative estimate of drug-likeness (QED) is 0.260. The van der Waals surface area contributed by atoms with Crippen molar-refractivity contribution < 1.29 is 34.8 Å². The molecule has 0 radical (unpaired) electrons. The summed E-state index contributed by atoms with van der Waals surface area (Å²) < 4.78 is 0. The first-order chi connectivity index (χ1) is 17.4. The van der Waals surface area contributed by atoms with E-state index in [1.54, 1.807) is 12.1 Å². The number of nitrogens with one attached hydrogen (secondary N) is 1. The molecule has 10 heteroatoms. The van der Waals surface area contributed by atoms with Gasteiger partial charge in [0.1, 0.15) is 22.8 Å². The number of fused-ring (bicyclic) bond motifs is 3. The SMILES string of the molecule is CC(C)N1CCC(Nc2ccc3c(c2O)C(=O)C2=C(O)[C@]4(O)C(=O)C(C(N)=O)=C(O)C[C@@H]4CC2C3)CC1. The molecule has 7 N–H and O–H groups in total. The third-order valence-corrected chi connectivity index (χ3v) is 8.55. The molecule has 198 valence electrons. The summed E-state index contributed by atoms with van der Waals surface area (Å²) in [7, 11) is 0. The van der Waals surface area contributed by atoms with Gasteiger partial charge in [-0.15, -0.1) is 0 Å². The van der Waals surface area contributed by atoms with Gasteiger partial charge in [-0.2, -0.15) is 0 Å². The summed E-state index contributed by atoms with van der Waals surface area (Å²) in [6.45, 7) is 6.16. The molecule has 1 fully saturated rings. The van der Waals surface area contributed by atoms with Gasteiger partial charge in [-0.1, -0.05) is 6.07 Å². The molecule has 5 rings (SSSR count). The van der Waals surface area contributed by atoms with Crippen LogP contribution in [0.2, 0.25) is 0 Å². The van der Waals surface area contributed by atoms with Crippen LogP contribution in [0.1, 0.15) is 55.5 Å². The fraction of sp³-hybridized carbons (Fsp3) is 0.519. The fourth-order valence-corrected chi connectivity index (χ4v) is 6.49. The van der Waals surface area contributed by atoms with Gasteiger partial charge in [0.2, 0.25) is 5.78 Å². The lowest BCUT2D eigenvalue weighted by Crippen LogP contribution is -2.57. The van der Waals surface area contributed by atoms with Crippen LogP contribution in [0, 0.1) is 11.8 Å². The second-order valence-electron chi connectivity index (χ2n) is 11.0. The molecule has 3 atom stereocenters. The average Bonchev–Trinajstić information content (AvgIpc) is 2.83. The maximum atomic E-state index is 13.7. The van der Waals surface area contributed by atoms with Crippen molar-refractivity contribution in [1.29, 1.82) is 0 Å². The number of phenols is 1. The van der Waals surface area contributed by atoms with Gasteiger partial charge >= 0.3 is 0 Å². The number of nitrogens with two attached hydrogens (primary N) is 1. The Kier molecular flexibility index (Phi) is 6.07. The molecule has 10 nitrogen and oxygen atoms in total. The van der Waals surface area contributed by atoms with Gasteiger partial charge in [-0.3, -0.25) is 14.4 Å². The van der Waals surface area contributed by atoms with Gasteiger partial charge in [0, 0.05) is 43.1 Å². The molecule has 37 heavy (non-hydrogen) atoms. The van der Waals surface area contributed by atoms with Crippen LogP contribution in [-0.4, -0.2) is 73.6 Å². The van der Waals surface area contributed by atoms with Crippen LogP contribution in [0.3, 0.4) is 0 Å². The largest absolute Gasteiger partial charge is 0.511 e. The molecular weight excluding hydrogens is 478 g/mol. The van der Waals surface area contributed by atoms with E-state index in [9.17, 15) is 34.8 Å². The average molecular weight is 512 g/mol. The number of carbonyl (C=O) groups excluding carboxylic acids is 3. The molecule has 0 saturated carbocycles. The smallest absolute Gasteiger partial charge is 0.255 e. The third kappa shape index (κ3) is 3.81. The van der Waals surface area contributed by atoms with Crippen LogP contribution in [0.25, 0.3) is 0 Å². The molecular formula is C27H33N3O7. The number of aromatic hydroxyl groups is 1. The Morgan fingerprint density at radius 2 is 1.81 bits per heavy atom. The van der Waals surface area contributed by atoms with Crippen LogP contribution in [0.15, 0.2) is 34.8 Å². The van der Waals surface area contributed by atoms with Gasteiger partial charge in [-0.05, 0) is 57.1 Å². The molecule has 0 aromatic heterocycles. The van der Waals surface area contributed by atoms with Gasteiger partial charge in [0.05, 0.1) is 11.3 Å². The summed E-state index contributed by atoms with van der Waals surface area (Å²) in [5.74, 6) is -6.16. The number of amides is 1. The van der Waals surface area contributed by atoms with Crippen LogP contribution >= 0.6 is 0 Å². The second-order valence-corrected chi connectivity index (χ2v) is 11.0. The highest BCUT2D eigenvalue weighted by molar-refractivity contribution is 6.24. The van der Waals surface area contributed by atoms with E-state index in [1.165, 1.54) is 0 Å². The first-order valence-electron chi connectivity index (χ1n) is 12.8. The van der Waals surface area contributed by atoms with E-state index in [1.807, 2.05) is 0 Å². The summed E-state index contributed by atoms with van der Waals surface area (Å²) in [6.07, 6.45) is 1.96. The number of aliphatic hydroxyl groups is 3. The lowest BCUT2D eigenvalue weighted by atomic mass is 9.60. The molecule has 1 unspecified atom stereocenters. The highest BCUT2D eigenvalue weighted by Gasteiger charge is 2.59. The summed E-state index contributed by atoms with van der Waals surface area (Å²) in [6, 6.07) is 4.12. The minimum Gasteiger partial charge on any atom is -0.511 e. The molecule has 1 aromatic carbocycles. The topological polar surface area (TPSA) is 173 Å². The van der Waals surface area contributed by atoms with Crippen LogP contribution in [-0.2, 0) is 16.0 Å². The van der Waals surface area contributed by atoms with Crippen LogP contribution in [0.4, 0.5) is 5.69 Å². The van der Waals surface area contributed by atoms with Crippen LogP contribution in [0.5, 0.6) is 5.75 Å². The molecule has 1 amide bonds. The predicted octanol–water partition coefficient (Wildman–Crippen LogP) is 1.87. The Hall–Kier alpha value is -3.37. The van der Waals surface area contributed by atoms with Gasteiger partial charge in [0.25, 0.3) is 5.91 Å². The van der Waals surface area contributed by atoms with E-state index in [2.05, 4.69) is 24.1 Å². The number of rotatable bonds is 4. The maximum absolute atomic E-state index is 13.7. The van der Waals surface area contributed by atoms with Crippen molar-refractivity contribution in [2.75, 3.05) is 18.4 Å². The number of allylic oxidation sites excluding steroid dienone is 2. The standard InChI is InChI=1S/C27H33N3O7/c1-12(2)30-7-5-16(6-8-30)29-17-4-3-13-9-14-10-15-11-18(31)21(26(28)36)25(35)27(15,37)24(34)20(14)23(33)19(13)22(17)32/h3-4,12,14-16,29,31-32,34,37H,5-11H2,1-2H3,(H2,28,36)/t14?,15-,27-/m0/s1. The molecule has 0 spiro atoms. The number of carbonyl (C=O) groups is 3. The highest BCUT2D eigenvalue weighted by atomic mass is 16.3. The van der Waals surface area contributed by atoms with E-state index in [-0.39, 0.29) is 35.8 Å². The molecule has 0 bridgehead atoms. The summed E-state index contributed by atoms with van der Waals surface area (Å²) in [5, 5.41) is 47.2. The minimum absolute atomic E-state index is 0.0289. The van der Waals surface area contributed by atoms with Gasteiger partial charge in [0.15, 0.2) is 11.4 Å². The summed E-state index contributed by atoms with van der Waals surface area (Å²) >= 11 is 0. The van der Waals surface area contributed by atoms with Crippen LogP contribution < -0.4 is 11.1 Å². The number of Topliss-reactive ketones (excluding diaryl/α,β-unsaturated/α-hetero) is 2. The number of aliphatic hydroxyl groups excluding tert-OH is 2. The molecule has 1 aliphatic heterocycles. The fourth-order valence-electron chi connectivity index (χ4n) is 6.49. The first kappa shape index (κ1) is 25.3. The summed E-state index contributed by atoms with van der Waals surface area (Å²) in [5.41, 5.74) is 2.81. The van der Waals surface area contributed by atoms with E-state index in [0.717, 1.165) is 25.9 Å². The van der Waals surface area contributed by atoms with Gasteiger partial charge < -0.3 is 36.4 Å². The molecule has 1 saturated heterocycles. The first-order valence-corrected chi connectivity index (χ1v) is 12.8. The van der Waals surface area contributed by atoms with Crippen molar-refractivity contribution in [3.63, 3.8) is 0 Å². The minimum atomic E-state index is -2.55. The Bertz CT molecular complexity index is 1260. The number of nitrogens with zero attached hydrogens (tertiary/aromatic N) is 1. The summed E-state index contributed by atoms with van der Waals surface area (Å²) in [4.78, 5) is 40.9. The van der Waals surface area contributed by atoms with Gasteiger partial charge in [-0.25, -0.2) is 0 Å². The Morgan fingerprint density at radius 3 is 2.43 bits per heavy atom. The Labute approximate surface area is 214 Å². The van der Waals surface area contributed by atoms with E-state index < -0.39 is 52.0 Å². The predicted molar refractivity (Wildman–Crippen MR) is 134 cm³/mol. The van der Waals surface area contributed by atoms with E-state index >= 15 is 0 Å². The zero-order valence-corrected chi connectivity index (χ0v) is 21.0. The van der Waals surface area contributed by atoms with Crippen molar-refractivity contribution >= 4 is 23.2 Å². The lowest BCUT2D eigenvalue weighted by molar-refractivity contribution is -0.144. The monoisotopic (exact) mass is 511 g/mol. The normalized spacial score (nSPS) is 28.8. The number of likely N-dealkylation sites (tertiary alicyclic amines) is 1. The number of primary amides is 1. The lowest BCUT2D eigenvalue weighted by Gasteiger charge is -2.45. The molecule has 3 aliphatic carbocycles. The number of anilines is 1. The van der Waals surface area contributed by atoms with Crippen molar-refractivity contribution in [3.05, 3.63) is 45.9 Å². The molecule has 1 heterocycles. The Morgan fingerprint density at radius 1 is 1.14 bits per heavy atom. The number of phenolic OH excluding ortho intramolecular Hbond substituents is 1. The molecule has 4 aliphatic rings. The number of piperidine rings is 1. The maximum Gasteiger partial charge on any atom is 0.255 e. The van der Waals surface area contributed by atoms with Crippen molar-refractivity contribution in [2.45, 2.75) is 63.6 Å². The zero-order chi connectivity index (χ0) is 26.8. The van der Waals surface area contributed by atoms with E-state index in [0.29, 0.717) is 23.7 Å². The van der Waals surface area contributed by atoms with Crippen molar-refractivity contribution in [2.24, 2.45) is 17.6 Å². The number of hydrogen-bond donors (Lipinski definition) is 6. The molecule has 1 aromatic rings. The third-order valence-electron chi connectivity index (χ3n) is 8.55. The highest BCUT2D eigenvalue weighted by Crippen LogP contribution is 2.51. The van der Waals surface area contributed by atoms with Crippen molar-refractivity contribution in [3.8, 4) is 5.75 Å². The van der Waals surface area contributed by atoms with E-state index in [4.69, 9.17) is 5.73 Å². The number of benzene rings is 1. The Balaban J connectivity index is 1.48. The van der Waals surface area contributed by atoms with Crippen molar-refractivity contribution in [1.82, 2.24) is 4.90 Å².